The van der Waals surface area contributed by atoms with E-state index in [0.717, 1.165) is 6.42 Å². The maximum absolute atomic E-state index is 13.4. The molecule has 1 unspecified atom stereocenters. The largest absolute Gasteiger partial charge is 0.484 e. The molecule has 0 bridgehead atoms. The van der Waals surface area contributed by atoms with Crippen molar-refractivity contribution in [1.29, 1.82) is 0 Å². The van der Waals surface area contributed by atoms with Crippen LogP contribution >= 0.6 is 11.6 Å². The molecule has 2 rings (SSSR count). The lowest BCUT2D eigenvalue weighted by atomic mass is 10.0. The van der Waals surface area contributed by atoms with Gasteiger partial charge in [0.25, 0.3) is 5.91 Å². The summed E-state index contributed by atoms with van der Waals surface area (Å²) in [4.78, 5) is 14.2. The summed E-state index contributed by atoms with van der Waals surface area (Å²) in [6, 6.07) is 4.17. The Kier molecular flexibility index (Phi) is 5.29. The van der Waals surface area contributed by atoms with Crippen molar-refractivity contribution in [2.75, 3.05) is 19.8 Å². The fourth-order valence-electron chi connectivity index (χ4n) is 2.42. The van der Waals surface area contributed by atoms with Crippen LogP contribution in [-0.4, -0.2) is 42.2 Å². The molecule has 0 aliphatic carbocycles. The van der Waals surface area contributed by atoms with Gasteiger partial charge in [-0.1, -0.05) is 18.5 Å². The van der Waals surface area contributed by atoms with Crippen molar-refractivity contribution in [1.82, 2.24) is 4.90 Å². The highest BCUT2D eigenvalue weighted by atomic mass is 35.5. The number of hydrogen-bond acceptors (Lipinski definition) is 3. The van der Waals surface area contributed by atoms with E-state index in [1.54, 1.807) is 11.0 Å². The van der Waals surface area contributed by atoms with E-state index in [1.165, 1.54) is 12.1 Å². The number of rotatable bonds is 4. The van der Waals surface area contributed by atoms with E-state index in [-0.39, 0.29) is 34.9 Å². The van der Waals surface area contributed by atoms with Gasteiger partial charge in [0, 0.05) is 12.6 Å². The summed E-state index contributed by atoms with van der Waals surface area (Å²) < 4.78 is 24.5. The lowest BCUT2D eigenvalue weighted by molar-refractivity contribution is -0.157. The first-order valence-corrected chi connectivity index (χ1v) is 7.71. The number of ether oxygens (including phenoxy) is 2. The summed E-state index contributed by atoms with van der Waals surface area (Å²) in [5.74, 6) is -0.403. The molecular formula is C16H21ClFNO3. The molecule has 122 valence electrons. The van der Waals surface area contributed by atoms with E-state index in [2.05, 4.69) is 0 Å². The van der Waals surface area contributed by atoms with Gasteiger partial charge in [-0.15, -0.1) is 0 Å². The first-order chi connectivity index (χ1) is 10.3. The van der Waals surface area contributed by atoms with Crippen molar-refractivity contribution in [3.8, 4) is 5.75 Å². The molecule has 0 aromatic heterocycles. The van der Waals surface area contributed by atoms with E-state index in [9.17, 15) is 9.18 Å². The van der Waals surface area contributed by atoms with Crippen LogP contribution < -0.4 is 4.74 Å². The molecular weight excluding hydrogens is 309 g/mol. The quantitative estimate of drug-likeness (QED) is 0.851. The number of morpholine rings is 1. The zero-order valence-corrected chi connectivity index (χ0v) is 13.8. The standard InChI is InChI=1S/C16H21ClFNO3/c1-4-11-8-22-16(2,3)10-19(11)15(20)9-21-12-5-6-13(17)14(18)7-12/h5-7,11H,4,8-10H2,1-3H3. The van der Waals surface area contributed by atoms with Gasteiger partial charge in [-0.2, -0.15) is 0 Å². The van der Waals surface area contributed by atoms with Gasteiger partial charge in [-0.25, -0.2) is 4.39 Å². The zero-order chi connectivity index (χ0) is 16.3. The maximum Gasteiger partial charge on any atom is 0.260 e. The molecule has 1 aliphatic rings. The summed E-state index contributed by atoms with van der Waals surface area (Å²) in [7, 11) is 0. The Bertz CT molecular complexity index is 550. The molecule has 0 saturated carbocycles. The van der Waals surface area contributed by atoms with E-state index in [4.69, 9.17) is 21.1 Å². The van der Waals surface area contributed by atoms with Gasteiger partial charge in [-0.3, -0.25) is 4.79 Å². The Morgan fingerprint density at radius 3 is 2.91 bits per heavy atom. The Morgan fingerprint density at radius 1 is 1.55 bits per heavy atom. The Labute approximate surface area is 135 Å². The predicted molar refractivity (Wildman–Crippen MR) is 82.7 cm³/mol. The van der Waals surface area contributed by atoms with Gasteiger partial charge in [0.05, 0.1) is 23.3 Å². The lowest BCUT2D eigenvalue weighted by Crippen LogP contribution is -2.56. The van der Waals surface area contributed by atoms with Crippen molar-refractivity contribution in [3.63, 3.8) is 0 Å². The number of hydrogen-bond donors (Lipinski definition) is 0. The highest BCUT2D eigenvalue weighted by molar-refractivity contribution is 6.30. The SMILES string of the molecule is CCC1COC(C)(C)CN1C(=O)COc1ccc(Cl)c(F)c1. The smallest absolute Gasteiger partial charge is 0.260 e. The van der Waals surface area contributed by atoms with Crippen LogP contribution in [0.25, 0.3) is 0 Å². The molecule has 1 amide bonds. The van der Waals surface area contributed by atoms with Crippen LogP contribution in [0.15, 0.2) is 18.2 Å². The molecule has 1 aliphatic heterocycles. The van der Waals surface area contributed by atoms with E-state index < -0.39 is 5.82 Å². The summed E-state index contributed by atoms with van der Waals surface area (Å²) >= 11 is 5.61. The highest BCUT2D eigenvalue weighted by Crippen LogP contribution is 2.23. The number of carbonyl (C=O) groups excluding carboxylic acids is 1. The van der Waals surface area contributed by atoms with Crippen LogP contribution in [-0.2, 0) is 9.53 Å². The van der Waals surface area contributed by atoms with Crippen LogP contribution in [0.2, 0.25) is 5.02 Å². The predicted octanol–water partition coefficient (Wildman–Crippen LogP) is 3.27. The fourth-order valence-corrected chi connectivity index (χ4v) is 2.54. The van der Waals surface area contributed by atoms with Crippen molar-refractivity contribution in [2.45, 2.75) is 38.8 Å². The van der Waals surface area contributed by atoms with E-state index in [0.29, 0.717) is 13.2 Å². The van der Waals surface area contributed by atoms with Gasteiger partial charge >= 0.3 is 0 Å². The molecule has 1 heterocycles. The average molecular weight is 330 g/mol. The molecule has 0 radical (unpaired) electrons. The minimum Gasteiger partial charge on any atom is -0.484 e. The Balaban J connectivity index is 1.99. The van der Waals surface area contributed by atoms with Crippen LogP contribution in [0, 0.1) is 5.82 Å². The van der Waals surface area contributed by atoms with Crippen LogP contribution in [0.4, 0.5) is 4.39 Å². The van der Waals surface area contributed by atoms with Crippen LogP contribution in [0.3, 0.4) is 0 Å². The Morgan fingerprint density at radius 2 is 2.27 bits per heavy atom. The molecule has 22 heavy (non-hydrogen) atoms. The summed E-state index contributed by atoms with van der Waals surface area (Å²) in [5.41, 5.74) is -0.367. The monoisotopic (exact) mass is 329 g/mol. The molecule has 4 nitrogen and oxygen atoms in total. The highest BCUT2D eigenvalue weighted by Gasteiger charge is 2.35. The number of carbonyl (C=O) groups is 1. The molecule has 0 spiro atoms. The third-order valence-electron chi connectivity index (χ3n) is 3.70. The average Bonchev–Trinajstić information content (AvgIpc) is 2.47. The first kappa shape index (κ1) is 17.0. The maximum atomic E-state index is 13.4. The summed E-state index contributed by atoms with van der Waals surface area (Å²) in [6.45, 7) is 6.83. The second kappa shape index (κ2) is 6.84. The second-order valence-electron chi connectivity index (χ2n) is 6.02. The van der Waals surface area contributed by atoms with E-state index >= 15 is 0 Å². The molecule has 1 aromatic carbocycles. The third kappa shape index (κ3) is 4.11. The molecule has 1 aromatic rings. The summed E-state index contributed by atoms with van der Waals surface area (Å²) in [6.07, 6.45) is 0.817. The molecule has 0 N–H and O–H groups in total. The lowest BCUT2D eigenvalue weighted by Gasteiger charge is -2.43. The van der Waals surface area contributed by atoms with E-state index in [1.807, 2.05) is 20.8 Å². The minimum absolute atomic E-state index is 0.0275. The van der Waals surface area contributed by atoms with Gasteiger partial charge in [0.1, 0.15) is 11.6 Å². The molecule has 1 saturated heterocycles. The number of benzene rings is 1. The van der Waals surface area contributed by atoms with Crippen LogP contribution in [0.5, 0.6) is 5.75 Å². The van der Waals surface area contributed by atoms with Gasteiger partial charge in [0.15, 0.2) is 6.61 Å². The van der Waals surface area contributed by atoms with Crippen LogP contribution in [0.1, 0.15) is 27.2 Å². The molecule has 6 heteroatoms. The normalized spacial score (nSPS) is 20.8. The fraction of sp³-hybridized carbons (Fsp3) is 0.562. The first-order valence-electron chi connectivity index (χ1n) is 7.33. The van der Waals surface area contributed by atoms with Crippen molar-refractivity contribution >= 4 is 17.5 Å². The molecule has 1 atom stereocenters. The number of nitrogens with zero attached hydrogens (tertiary/aromatic N) is 1. The third-order valence-corrected chi connectivity index (χ3v) is 4.01. The topological polar surface area (TPSA) is 38.8 Å². The zero-order valence-electron chi connectivity index (χ0n) is 13.1. The van der Waals surface area contributed by atoms with Crippen molar-refractivity contribution < 1.29 is 18.7 Å². The second-order valence-corrected chi connectivity index (χ2v) is 6.43. The summed E-state index contributed by atoms with van der Waals surface area (Å²) in [5, 5.41) is 0.0275. The van der Waals surface area contributed by atoms with Gasteiger partial charge < -0.3 is 14.4 Å². The van der Waals surface area contributed by atoms with Gasteiger partial charge in [0.2, 0.25) is 0 Å². The minimum atomic E-state index is -0.564. The van der Waals surface area contributed by atoms with Crippen molar-refractivity contribution in [3.05, 3.63) is 29.0 Å². The molecule has 1 fully saturated rings. The van der Waals surface area contributed by atoms with Crippen molar-refractivity contribution in [2.24, 2.45) is 0 Å². The Hall–Kier alpha value is -1.33. The number of amides is 1. The number of halogens is 2. The van der Waals surface area contributed by atoms with Gasteiger partial charge in [-0.05, 0) is 32.4 Å².